The molecule has 0 saturated heterocycles. The van der Waals surface area contributed by atoms with Gasteiger partial charge in [0.05, 0.1) is 26.2 Å². The summed E-state index contributed by atoms with van der Waals surface area (Å²) in [4.78, 5) is 27.6. The average molecular weight is 468 g/mol. The number of amides is 1. The van der Waals surface area contributed by atoms with E-state index in [2.05, 4.69) is 10.3 Å². The molecule has 158 valence electrons. The molecule has 0 spiro atoms. The number of hydrogen-bond donors (Lipinski definition) is 2. The Labute approximate surface area is 183 Å². The number of H-pyrrole nitrogens is 1. The molecule has 3 rings (SSSR count). The number of halogens is 2. The van der Waals surface area contributed by atoms with Gasteiger partial charge in [-0.1, -0.05) is 43.1 Å². The topological polar surface area (TPSA) is 99.3 Å². The van der Waals surface area contributed by atoms with Gasteiger partial charge < -0.3 is 10.3 Å². The Balaban J connectivity index is 2.13. The third-order valence-corrected chi connectivity index (χ3v) is 7.47. The van der Waals surface area contributed by atoms with Crippen molar-refractivity contribution in [2.24, 2.45) is 0 Å². The van der Waals surface area contributed by atoms with Crippen molar-refractivity contribution in [2.45, 2.75) is 18.7 Å². The Morgan fingerprint density at radius 1 is 1.10 bits per heavy atom. The first-order valence-corrected chi connectivity index (χ1v) is 11.3. The number of hydrogen-bond acceptors (Lipinski definition) is 4. The van der Waals surface area contributed by atoms with Crippen LogP contribution in [0.2, 0.25) is 10.0 Å². The highest BCUT2D eigenvalue weighted by Gasteiger charge is 2.23. The van der Waals surface area contributed by atoms with E-state index in [9.17, 15) is 18.0 Å². The number of carbonyl (C=O) groups is 1. The zero-order valence-electron chi connectivity index (χ0n) is 16.2. The van der Waals surface area contributed by atoms with Crippen molar-refractivity contribution in [3.8, 4) is 0 Å². The summed E-state index contributed by atoms with van der Waals surface area (Å²) < 4.78 is 27.1. The van der Waals surface area contributed by atoms with Gasteiger partial charge in [-0.15, -0.1) is 0 Å². The minimum Gasteiger partial charge on any atom is -0.322 e. The van der Waals surface area contributed by atoms with Gasteiger partial charge in [0.2, 0.25) is 15.6 Å². The number of pyridine rings is 1. The van der Waals surface area contributed by atoms with Crippen molar-refractivity contribution in [1.29, 1.82) is 0 Å². The van der Waals surface area contributed by atoms with Gasteiger partial charge in [0.1, 0.15) is 0 Å². The van der Waals surface area contributed by atoms with Crippen LogP contribution in [-0.2, 0) is 10.0 Å². The van der Waals surface area contributed by atoms with Crippen molar-refractivity contribution < 1.29 is 13.2 Å². The Hall–Kier alpha value is -2.39. The van der Waals surface area contributed by atoms with Gasteiger partial charge in [-0.05, 0) is 30.3 Å². The molecule has 0 unspecified atom stereocenters. The van der Waals surface area contributed by atoms with Crippen LogP contribution in [0.1, 0.15) is 24.2 Å². The first-order chi connectivity index (χ1) is 14.2. The summed E-state index contributed by atoms with van der Waals surface area (Å²) in [6.07, 6.45) is 0. The quantitative estimate of drug-likeness (QED) is 0.569. The van der Waals surface area contributed by atoms with E-state index in [4.69, 9.17) is 23.2 Å². The van der Waals surface area contributed by atoms with E-state index in [1.165, 1.54) is 22.5 Å². The molecule has 0 aliphatic heterocycles. The first kappa shape index (κ1) is 22.3. The fourth-order valence-corrected chi connectivity index (χ4v) is 4.92. The molecule has 2 N–H and O–H groups in total. The van der Waals surface area contributed by atoms with E-state index in [0.717, 1.165) is 6.07 Å². The first-order valence-electron chi connectivity index (χ1n) is 9.11. The molecule has 7 nitrogen and oxygen atoms in total. The smallest absolute Gasteiger partial charge is 0.256 e. The summed E-state index contributed by atoms with van der Waals surface area (Å²) in [7, 11) is -3.75. The zero-order chi connectivity index (χ0) is 22.1. The summed E-state index contributed by atoms with van der Waals surface area (Å²) in [5.41, 5.74) is 0.128. The van der Waals surface area contributed by atoms with E-state index in [1.807, 2.05) is 0 Å². The molecule has 1 aromatic heterocycles. The number of aromatic amines is 1. The molecule has 3 aromatic rings. The van der Waals surface area contributed by atoms with Gasteiger partial charge in [0.25, 0.3) is 5.91 Å². The van der Waals surface area contributed by atoms with Crippen LogP contribution in [0.3, 0.4) is 0 Å². The molecule has 1 heterocycles. The van der Waals surface area contributed by atoms with Crippen LogP contribution in [0.25, 0.3) is 10.9 Å². The van der Waals surface area contributed by atoms with Crippen LogP contribution < -0.4 is 10.9 Å². The molecule has 0 saturated carbocycles. The SMILES string of the molecule is CCN(CC)S(=O)(=O)c1ccc2[nH]c(=O)cc(C(=O)Nc3cccc(Cl)c3Cl)c2c1. The highest BCUT2D eigenvalue weighted by atomic mass is 35.5. The molecule has 0 aliphatic carbocycles. The largest absolute Gasteiger partial charge is 0.322 e. The molecular formula is C20H19Cl2N3O4S. The second-order valence-corrected chi connectivity index (χ2v) is 9.12. The fraction of sp³-hybridized carbons (Fsp3) is 0.200. The monoisotopic (exact) mass is 467 g/mol. The molecule has 0 atom stereocenters. The Kier molecular flexibility index (Phi) is 6.52. The van der Waals surface area contributed by atoms with E-state index in [-0.39, 0.29) is 26.2 Å². The zero-order valence-corrected chi connectivity index (χ0v) is 18.5. The third-order valence-electron chi connectivity index (χ3n) is 4.60. The van der Waals surface area contributed by atoms with Gasteiger partial charge in [-0.25, -0.2) is 8.42 Å². The molecular weight excluding hydrogens is 449 g/mol. The number of carbonyl (C=O) groups excluding carboxylic acids is 1. The Morgan fingerprint density at radius 2 is 1.80 bits per heavy atom. The lowest BCUT2D eigenvalue weighted by Crippen LogP contribution is -2.30. The van der Waals surface area contributed by atoms with Crippen molar-refractivity contribution in [2.75, 3.05) is 18.4 Å². The number of fused-ring (bicyclic) bond motifs is 1. The number of anilines is 1. The highest BCUT2D eigenvalue weighted by molar-refractivity contribution is 7.89. The van der Waals surface area contributed by atoms with Gasteiger partial charge >= 0.3 is 0 Å². The second-order valence-electron chi connectivity index (χ2n) is 6.40. The van der Waals surface area contributed by atoms with Gasteiger partial charge in [0, 0.05) is 30.1 Å². The summed E-state index contributed by atoms with van der Waals surface area (Å²) in [5.74, 6) is -0.618. The molecule has 0 fully saturated rings. The standard InChI is InChI=1S/C20H19Cl2N3O4S/c1-3-25(4-2)30(28,29)12-8-9-16-13(10-12)14(11-18(26)23-16)20(27)24-17-7-5-6-15(21)19(17)22/h5-11H,3-4H2,1-2H3,(H,23,26)(H,24,27). The van der Waals surface area contributed by atoms with Crippen molar-refractivity contribution >= 4 is 55.7 Å². The van der Waals surface area contributed by atoms with Crippen molar-refractivity contribution in [3.63, 3.8) is 0 Å². The molecule has 0 bridgehead atoms. The summed E-state index contributed by atoms with van der Waals surface area (Å²) >= 11 is 12.1. The van der Waals surface area contributed by atoms with Crippen LogP contribution in [-0.4, -0.2) is 36.7 Å². The van der Waals surface area contributed by atoms with Gasteiger partial charge in [0.15, 0.2) is 0 Å². The second kappa shape index (κ2) is 8.77. The Morgan fingerprint density at radius 3 is 2.47 bits per heavy atom. The minimum absolute atomic E-state index is 0.0152. The number of sulfonamides is 1. The van der Waals surface area contributed by atoms with Gasteiger partial charge in [-0.2, -0.15) is 4.31 Å². The molecule has 30 heavy (non-hydrogen) atoms. The average Bonchev–Trinajstić information content (AvgIpc) is 2.71. The summed E-state index contributed by atoms with van der Waals surface area (Å²) in [5, 5.41) is 3.33. The van der Waals surface area contributed by atoms with Gasteiger partial charge in [-0.3, -0.25) is 9.59 Å². The van der Waals surface area contributed by atoms with Crippen molar-refractivity contribution in [1.82, 2.24) is 9.29 Å². The molecule has 10 heteroatoms. The third kappa shape index (κ3) is 4.22. The summed E-state index contributed by atoms with van der Waals surface area (Å²) in [6.45, 7) is 4.10. The van der Waals surface area contributed by atoms with E-state index < -0.39 is 21.5 Å². The predicted octanol–water partition coefficient (Wildman–Crippen LogP) is 4.12. The van der Waals surface area contributed by atoms with E-state index in [0.29, 0.717) is 24.0 Å². The van der Waals surface area contributed by atoms with Crippen LogP contribution >= 0.6 is 23.2 Å². The van der Waals surface area contributed by atoms with E-state index >= 15 is 0 Å². The maximum Gasteiger partial charge on any atom is 0.256 e. The molecule has 0 radical (unpaired) electrons. The maximum absolute atomic E-state index is 12.9. The van der Waals surface area contributed by atoms with Crippen LogP contribution in [0.15, 0.2) is 52.2 Å². The predicted molar refractivity (Wildman–Crippen MR) is 119 cm³/mol. The minimum atomic E-state index is -3.75. The van der Waals surface area contributed by atoms with Crippen molar-refractivity contribution in [3.05, 3.63) is 68.4 Å². The molecule has 2 aromatic carbocycles. The normalized spacial score (nSPS) is 11.8. The lowest BCUT2D eigenvalue weighted by Gasteiger charge is -2.19. The number of rotatable bonds is 6. The van der Waals surface area contributed by atoms with Crippen LogP contribution in [0.4, 0.5) is 5.69 Å². The molecule has 0 aliphatic rings. The Bertz CT molecular complexity index is 1280. The van der Waals surface area contributed by atoms with Crippen LogP contribution in [0.5, 0.6) is 0 Å². The summed E-state index contributed by atoms with van der Waals surface area (Å²) in [6, 6.07) is 10.1. The lowest BCUT2D eigenvalue weighted by molar-refractivity contribution is 0.102. The number of nitrogens with one attached hydrogen (secondary N) is 2. The number of nitrogens with zero attached hydrogens (tertiary/aromatic N) is 1. The lowest BCUT2D eigenvalue weighted by atomic mass is 10.1. The molecule has 1 amide bonds. The fourth-order valence-electron chi connectivity index (χ4n) is 3.08. The highest BCUT2D eigenvalue weighted by Crippen LogP contribution is 2.30. The maximum atomic E-state index is 12.9. The van der Waals surface area contributed by atoms with E-state index in [1.54, 1.807) is 32.0 Å². The number of benzene rings is 2. The number of aromatic nitrogens is 1. The van der Waals surface area contributed by atoms with Crippen LogP contribution in [0, 0.1) is 0 Å².